The molecule has 0 saturated heterocycles. The molecule has 0 amide bonds. The SMILES string of the molecule is C[C@H](N)Cc1sc2c(NCc3ccncc3)cnnc2c1C1CC1. The fraction of sp³-hybridized carbons (Fsp3) is 0.389. The number of fused-ring (bicyclic) bond motifs is 1. The molecule has 24 heavy (non-hydrogen) atoms. The maximum absolute atomic E-state index is 6.06. The molecule has 3 N–H and O–H groups in total. The first-order valence-electron chi connectivity index (χ1n) is 8.37. The van der Waals surface area contributed by atoms with Crippen molar-refractivity contribution in [1.82, 2.24) is 15.2 Å². The van der Waals surface area contributed by atoms with E-state index in [9.17, 15) is 0 Å². The van der Waals surface area contributed by atoms with E-state index in [2.05, 4.69) is 27.4 Å². The second kappa shape index (κ2) is 6.45. The molecule has 3 heterocycles. The standard InChI is InChI=1S/C18H21N5S/c1-11(19)8-15-16(13-2-3-13)17-18(24-15)14(10-22-23-17)21-9-12-4-6-20-7-5-12/h4-7,10-11,13H,2-3,8-9,19H2,1H3,(H,21,23)/t11-/m0/s1. The average Bonchev–Trinajstić information content (AvgIpc) is 3.34. The lowest BCUT2D eigenvalue weighted by Crippen LogP contribution is -2.17. The molecule has 0 spiro atoms. The number of nitrogens with one attached hydrogen (secondary N) is 1. The van der Waals surface area contributed by atoms with Gasteiger partial charge in [0.15, 0.2) is 0 Å². The van der Waals surface area contributed by atoms with E-state index in [1.54, 1.807) is 0 Å². The molecule has 1 aliphatic carbocycles. The van der Waals surface area contributed by atoms with Crippen LogP contribution < -0.4 is 11.1 Å². The van der Waals surface area contributed by atoms with E-state index in [4.69, 9.17) is 5.73 Å². The summed E-state index contributed by atoms with van der Waals surface area (Å²) < 4.78 is 1.21. The maximum atomic E-state index is 6.06. The Labute approximate surface area is 145 Å². The normalized spacial score (nSPS) is 15.6. The van der Waals surface area contributed by atoms with Gasteiger partial charge >= 0.3 is 0 Å². The molecule has 1 saturated carbocycles. The van der Waals surface area contributed by atoms with Crippen LogP contribution in [0.1, 0.15) is 41.7 Å². The van der Waals surface area contributed by atoms with E-state index in [1.807, 2.05) is 42.1 Å². The number of thiophene rings is 1. The second-order valence-electron chi connectivity index (χ2n) is 6.54. The van der Waals surface area contributed by atoms with Crippen molar-refractivity contribution in [3.05, 3.63) is 46.7 Å². The van der Waals surface area contributed by atoms with Crippen LogP contribution in [0.3, 0.4) is 0 Å². The molecule has 0 aromatic carbocycles. The van der Waals surface area contributed by atoms with E-state index < -0.39 is 0 Å². The van der Waals surface area contributed by atoms with Crippen LogP contribution in [0, 0.1) is 0 Å². The summed E-state index contributed by atoms with van der Waals surface area (Å²) in [6.45, 7) is 2.82. The van der Waals surface area contributed by atoms with Crippen molar-refractivity contribution in [2.75, 3.05) is 5.32 Å². The van der Waals surface area contributed by atoms with Gasteiger partial charge in [0.05, 0.1) is 16.6 Å². The number of hydrogen-bond donors (Lipinski definition) is 2. The number of nitrogens with zero attached hydrogens (tertiary/aromatic N) is 3. The number of anilines is 1. The molecule has 1 atom stereocenters. The predicted molar refractivity (Wildman–Crippen MR) is 98.3 cm³/mol. The van der Waals surface area contributed by atoms with Crippen LogP contribution >= 0.6 is 11.3 Å². The molecule has 3 aromatic heterocycles. The Balaban J connectivity index is 1.68. The number of rotatable bonds is 6. The summed E-state index contributed by atoms with van der Waals surface area (Å²) in [7, 11) is 0. The largest absolute Gasteiger partial charge is 0.378 e. The van der Waals surface area contributed by atoms with Crippen LogP contribution in [0.15, 0.2) is 30.7 Å². The molecule has 6 heteroatoms. The summed E-state index contributed by atoms with van der Waals surface area (Å²) >= 11 is 1.82. The van der Waals surface area contributed by atoms with Gasteiger partial charge in [0.1, 0.15) is 5.52 Å². The van der Waals surface area contributed by atoms with Crippen molar-refractivity contribution in [1.29, 1.82) is 0 Å². The zero-order valence-electron chi connectivity index (χ0n) is 13.7. The van der Waals surface area contributed by atoms with Crippen molar-refractivity contribution in [2.45, 2.75) is 44.7 Å². The van der Waals surface area contributed by atoms with E-state index >= 15 is 0 Å². The van der Waals surface area contributed by atoms with Gasteiger partial charge in [0.2, 0.25) is 0 Å². The molecule has 124 valence electrons. The van der Waals surface area contributed by atoms with Crippen molar-refractivity contribution in [2.24, 2.45) is 5.73 Å². The molecule has 0 bridgehead atoms. The highest BCUT2D eigenvalue weighted by Crippen LogP contribution is 2.48. The summed E-state index contributed by atoms with van der Waals surface area (Å²) in [6.07, 6.45) is 8.88. The number of pyridine rings is 1. The highest BCUT2D eigenvalue weighted by Gasteiger charge is 2.31. The van der Waals surface area contributed by atoms with Crippen molar-refractivity contribution < 1.29 is 0 Å². The summed E-state index contributed by atoms with van der Waals surface area (Å²) in [5.41, 5.74) is 10.8. The first-order chi connectivity index (χ1) is 11.7. The quantitative estimate of drug-likeness (QED) is 0.719. The highest BCUT2D eigenvalue weighted by molar-refractivity contribution is 7.19. The van der Waals surface area contributed by atoms with Crippen LogP contribution in [0.2, 0.25) is 0 Å². The third-order valence-electron chi connectivity index (χ3n) is 4.31. The van der Waals surface area contributed by atoms with Gasteiger partial charge in [-0.1, -0.05) is 0 Å². The van der Waals surface area contributed by atoms with Gasteiger partial charge in [-0.25, -0.2) is 0 Å². The smallest absolute Gasteiger partial charge is 0.110 e. The van der Waals surface area contributed by atoms with E-state index in [1.165, 1.54) is 33.5 Å². The summed E-state index contributed by atoms with van der Waals surface area (Å²) in [5.74, 6) is 0.650. The lowest BCUT2D eigenvalue weighted by atomic mass is 10.1. The summed E-state index contributed by atoms with van der Waals surface area (Å²) in [5, 5.41) is 12.2. The molecule has 3 aromatic rings. The molecule has 0 radical (unpaired) electrons. The highest BCUT2D eigenvalue weighted by atomic mass is 32.1. The lowest BCUT2D eigenvalue weighted by molar-refractivity contribution is 0.741. The van der Waals surface area contributed by atoms with Crippen LogP contribution in [0.5, 0.6) is 0 Å². The Morgan fingerprint density at radius 1 is 1.33 bits per heavy atom. The van der Waals surface area contributed by atoms with Gasteiger partial charge < -0.3 is 11.1 Å². The molecule has 1 aliphatic rings. The molecule has 0 unspecified atom stereocenters. The second-order valence-corrected chi connectivity index (χ2v) is 7.64. The van der Waals surface area contributed by atoms with E-state index in [-0.39, 0.29) is 6.04 Å². The third-order valence-corrected chi connectivity index (χ3v) is 5.56. The predicted octanol–water partition coefficient (Wildman–Crippen LogP) is 3.47. The van der Waals surface area contributed by atoms with E-state index in [0.717, 1.165) is 24.2 Å². The van der Waals surface area contributed by atoms with Crippen molar-refractivity contribution in [3.8, 4) is 0 Å². The minimum atomic E-state index is 0.164. The Morgan fingerprint density at radius 2 is 2.12 bits per heavy atom. The van der Waals surface area contributed by atoms with Gasteiger partial charge in [0, 0.05) is 29.9 Å². The Morgan fingerprint density at radius 3 is 2.83 bits per heavy atom. The minimum Gasteiger partial charge on any atom is -0.378 e. The number of hydrogen-bond acceptors (Lipinski definition) is 6. The maximum Gasteiger partial charge on any atom is 0.110 e. The zero-order valence-corrected chi connectivity index (χ0v) is 14.5. The van der Waals surface area contributed by atoms with Crippen LogP contribution in [0.4, 0.5) is 5.69 Å². The summed E-state index contributed by atoms with van der Waals surface area (Å²) in [6, 6.07) is 4.20. The molecular weight excluding hydrogens is 318 g/mol. The van der Waals surface area contributed by atoms with Gasteiger partial charge in [-0.15, -0.1) is 16.4 Å². The fourth-order valence-electron chi connectivity index (χ4n) is 3.03. The monoisotopic (exact) mass is 339 g/mol. The molecule has 0 aliphatic heterocycles. The van der Waals surface area contributed by atoms with Crippen molar-refractivity contribution >= 4 is 27.2 Å². The van der Waals surface area contributed by atoms with Crippen LogP contribution in [0.25, 0.3) is 10.2 Å². The van der Waals surface area contributed by atoms with Gasteiger partial charge in [-0.3, -0.25) is 4.98 Å². The minimum absolute atomic E-state index is 0.164. The number of nitrogens with two attached hydrogens (primary N) is 1. The molecule has 4 rings (SSSR count). The van der Waals surface area contributed by atoms with Gasteiger partial charge in [-0.05, 0) is 55.4 Å². The molecule has 1 fully saturated rings. The third kappa shape index (κ3) is 3.12. The Hall–Kier alpha value is -2.05. The Bertz CT molecular complexity index is 839. The Kier molecular flexibility index (Phi) is 4.16. The van der Waals surface area contributed by atoms with Crippen LogP contribution in [-0.4, -0.2) is 21.2 Å². The van der Waals surface area contributed by atoms with Crippen LogP contribution in [-0.2, 0) is 13.0 Å². The van der Waals surface area contributed by atoms with Gasteiger partial charge in [0.25, 0.3) is 0 Å². The summed E-state index contributed by atoms with van der Waals surface area (Å²) in [4.78, 5) is 5.44. The van der Waals surface area contributed by atoms with Gasteiger partial charge in [-0.2, -0.15) is 5.10 Å². The lowest BCUT2D eigenvalue weighted by Gasteiger charge is -2.06. The topological polar surface area (TPSA) is 76.7 Å². The first-order valence-corrected chi connectivity index (χ1v) is 9.19. The number of aromatic nitrogens is 3. The zero-order chi connectivity index (χ0) is 16.5. The average molecular weight is 339 g/mol. The molecule has 5 nitrogen and oxygen atoms in total. The van der Waals surface area contributed by atoms with E-state index in [0.29, 0.717) is 5.92 Å². The van der Waals surface area contributed by atoms with Crippen molar-refractivity contribution in [3.63, 3.8) is 0 Å². The molecular formula is C18H21N5S. The fourth-order valence-corrected chi connectivity index (χ4v) is 4.47. The first kappa shape index (κ1) is 15.5.